The number of hydrogen-bond donors (Lipinski definition) is 2. The molecule has 0 aliphatic carbocycles. The molecular weight excluding hydrogens is 338 g/mol. The maximum Gasteiger partial charge on any atom is 0.319 e. The summed E-state index contributed by atoms with van der Waals surface area (Å²) in [6.45, 7) is 2.45. The van der Waals surface area contributed by atoms with Gasteiger partial charge in [0, 0.05) is 20.0 Å². The summed E-state index contributed by atoms with van der Waals surface area (Å²) in [6, 6.07) is 7.84. The number of nitrogens with one attached hydrogen (secondary N) is 2. The third kappa shape index (κ3) is 3.90. The maximum absolute atomic E-state index is 12.1. The minimum absolute atomic E-state index is 0.265. The number of carbonyl (C=O) groups excluding carboxylic acids is 1. The zero-order valence-electron chi connectivity index (χ0n) is 14.5. The Bertz CT molecular complexity index is 853. The van der Waals surface area contributed by atoms with E-state index in [1.165, 1.54) is 11.8 Å². The highest BCUT2D eigenvalue weighted by molar-refractivity contribution is 7.18. The number of aromatic nitrogens is 3. The highest BCUT2D eigenvalue weighted by Crippen LogP contribution is 2.26. The molecule has 3 rings (SSSR count). The van der Waals surface area contributed by atoms with Crippen LogP contribution in [-0.2, 0) is 13.5 Å². The lowest BCUT2D eigenvalue weighted by Gasteiger charge is -2.07. The first-order chi connectivity index (χ1) is 12.1. The predicted molar refractivity (Wildman–Crippen MR) is 99.5 cm³/mol. The molecule has 0 aliphatic heterocycles. The summed E-state index contributed by atoms with van der Waals surface area (Å²) in [4.78, 5) is 16.7. The molecule has 132 valence electrons. The lowest BCUT2D eigenvalue weighted by atomic mass is 10.3. The molecule has 0 atom stereocenters. The molecule has 0 unspecified atom stereocenters. The van der Waals surface area contributed by atoms with Gasteiger partial charge < -0.3 is 15.4 Å². The van der Waals surface area contributed by atoms with Gasteiger partial charge in [0.15, 0.2) is 0 Å². The highest BCUT2D eigenvalue weighted by atomic mass is 32.1. The van der Waals surface area contributed by atoms with Gasteiger partial charge in [-0.2, -0.15) is 0 Å². The van der Waals surface area contributed by atoms with Crippen molar-refractivity contribution < 1.29 is 9.53 Å². The molecule has 3 aromatic rings. The zero-order valence-corrected chi connectivity index (χ0v) is 15.3. The second-order valence-corrected chi connectivity index (χ2v) is 6.77. The van der Waals surface area contributed by atoms with Crippen LogP contribution in [0.25, 0.3) is 10.2 Å². The molecule has 0 fully saturated rings. The van der Waals surface area contributed by atoms with Gasteiger partial charge in [-0.05, 0) is 25.5 Å². The van der Waals surface area contributed by atoms with Crippen LogP contribution in [0.5, 0.6) is 5.88 Å². The van der Waals surface area contributed by atoms with Crippen LogP contribution in [0.15, 0.2) is 24.3 Å². The van der Waals surface area contributed by atoms with E-state index in [0.717, 1.165) is 29.1 Å². The Morgan fingerprint density at radius 2 is 2.16 bits per heavy atom. The fraction of sp³-hybridized carbons (Fsp3) is 0.353. The second-order valence-electron chi connectivity index (χ2n) is 5.65. The second kappa shape index (κ2) is 7.52. The van der Waals surface area contributed by atoms with E-state index in [0.29, 0.717) is 18.1 Å². The van der Waals surface area contributed by atoms with E-state index in [1.807, 2.05) is 25.1 Å². The van der Waals surface area contributed by atoms with Gasteiger partial charge in [0.1, 0.15) is 5.69 Å². The molecule has 0 aliphatic rings. The van der Waals surface area contributed by atoms with Gasteiger partial charge >= 0.3 is 6.03 Å². The van der Waals surface area contributed by atoms with Gasteiger partial charge in [-0.1, -0.05) is 12.1 Å². The molecule has 0 spiro atoms. The highest BCUT2D eigenvalue weighted by Gasteiger charge is 2.15. The summed E-state index contributed by atoms with van der Waals surface area (Å²) >= 11 is 1.70. The number of para-hydroxylation sites is 1. The smallest absolute Gasteiger partial charge is 0.319 e. The Balaban J connectivity index is 1.48. The van der Waals surface area contributed by atoms with E-state index in [4.69, 9.17) is 4.74 Å². The number of aryl methyl sites for hydroxylation is 2. The van der Waals surface area contributed by atoms with E-state index >= 15 is 0 Å². The largest absolute Gasteiger partial charge is 0.478 e. The molecule has 25 heavy (non-hydrogen) atoms. The summed E-state index contributed by atoms with van der Waals surface area (Å²) < 4.78 is 8.04. The Labute approximate surface area is 150 Å². The van der Waals surface area contributed by atoms with E-state index in [2.05, 4.69) is 26.8 Å². The lowest BCUT2D eigenvalue weighted by molar-refractivity contribution is 0.252. The molecule has 0 saturated heterocycles. The number of methoxy groups -OCH3 is 1. The minimum atomic E-state index is -0.265. The molecular formula is C17H21N5O2S. The Kier molecular flexibility index (Phi) is 5.18. The number of urea groups is 1. The normalized spacial score (nSPS) is 10.8. The van der Waals surface area contributed by atoms with Gasteiger partial charge in [0.25, 0.3) is 5.88 Å². The van der Waals surface area contributed by atoms with Crippen LogP contribution in [0.1, 0.15) is 17.1 Å². The quantitative estimate of drug-likeness (QED) is 0.663. The number of nitrogens with zero attached hydrogens (tertiary/aromatic N) is 3. The van der Waals surface area contributed by atoms with Crippen molar-refractivity contribution in [1.82, 2.24) is 20.1 Å². The standard InChI is InChI=1S/C17H21N5O2S/c1-11-15(16(24-3)21-22(11)2)20-17(23)18-10-6-9-14-19-12-7-4-5-8-13(12)25-14/h4-5,7-8H,6,9-10H2,1-3H3,(H2,18,20,23). The molecule has 7 nitrogen and oxygen atoms in total. The number of anilines is 1. The molecule has 1 aromatic carbocycles. The van der Waals surface area contributed by atoms with Crippen molar-refractivity contribution in [3.05, 3.63) is 35.0 Å². The number of rotatable bonds is 6. The third-order valence-corrected chi connectivity index (χ3v) is 5.02. The number of carbonyl (C=O) groups is 1. The van der Waals surface area contributed by atoms with Crippen LogP contribution in [-0.4, -0.2) is 34.5 Å². The first-order valence-electron chi connectivity index (χ1n) is 8.05. The van der Waals surface area contributed by atoms with Crippen LogP contribution in [0, 0.1) is 6.92 Å². The van der Waals surface area contributed by atoms with Crippen molar-refractivity contribution in [3.63, 3.8) is 0 Å². The van der Waals surface area contributed by atoms with Crippen molar-refractivity contribution in [2.45, 2.75) is 19.8 Å². The number of ether oxygens (including phenoxy) is 1. The average Bonchev–Trinajstić information content (AvgIpc) is 3.14. The van der Waals surface area contributed by atoms with Crippen LogP contribution in [0.2, 0.25) is 0 Å². The van der Waals surface area contributed by atoms with Crippen molar-refractivity contribution in [3.8, 4) is 5.88 Å². The van der Waals surface area contributed by atoms with Crippen molar-refractivity contribution in [1.29, 1.82) is 0 Å². The van der Waals surface area contributed by atoms with Crippen molar-refractivity contribution in [2.75, 3.05) is 19.0 Å². The lowest BCUT2D eigenvalue weighted by Crippen LogP contribution is -2.30. The van der Waals surface area contributed by atoms with Crippen LogP contribution >= 0.6 is 11.3 Å². The Morgan fingerprint density at radius 3 is 2.92 bits per heavy atom. The summed E-state index contributed by atoms with van der Waals surface area (Å²) in [5.41, 5.74) is 2.46. The van der Waals surface area contributed by atoms with Gasteiger partial charge in [0.05, 0.1) is 28.0 Å². The van der Waals surface area contributed by atoms with Gasteiger partial charge in [-0.3, -0.25) is 4.68 Å². The van der Waals surface area contributed by atoms with Crippen molar-refractivity contribution >= 4 is 33.3 Å². The van der Waals surface area contributed by atoms with E-state index in [9.17, 15) is 4.79 Å². The molecule has 2 aromatic heterocycles. The number of thiazole rings is 1. The monoisotopic (exact) mass is 359 g/mol. The van der Waals surface area contributed by atoms with E-state index < -0.39 is 0 Å². The Morgan fingerprint density at radius 1 is 1.36 bits per heavy atom. The van der Waals surface area contributed by atoms with Crippen LogP contribution < -0.4 is 15.4 Å². The minimum Gasteiger partial charge on any atom is -0.478 e. The van der Waals surface area contributed by atoms with Gasteiger partial charge in [-0.25, -0.2) is 9.78 Å². The summed E-state index contributed by atoms with van der Waals surface area (Å²) in [5, 5.41) is 10.9. The zero-order chi connectivity index (χ0) is 17.8. The average molecular weight is 359 g/mol. The molecule has 0 saturated carbocycles. The predicted octanol–water partition coefficient (Wildman–Crippen LogP) is 3.10. The molecule has 0 bridgehead atoms. The molecule has 2 amide bonds. The molecule has 2 N–H and O–H groups in total. The number of fused-ring (bicyclic) bond motifs is 1. The van der Waals surface area contributed by atoms with Crippen molar-refractivity contribution in [2.24, 2.45) is 7.05 Å². The fourth-order valence-corrected chi connectivity index (χ4v) is 3.50. The fourth-order valence-electron chi connectivity index (χ4n) is 2.49. The first-order valence-corrected chi connectivity index (χ1v) is 8.87. The maximum atomic E-state index is 12.1. The topological polar surface area (TPSA) is 81.1 Å². The number of hydrogen-bond acceptors (Lipinski definition) is 5. The number of benzene rings is 1. The molecule has 2 heterocycles. The Hall–Kier alpha value is -2.61. The SMILES string of the molecule is COc1nn(C)c(C)c1NC(=O)NCCCc1nc2ccccc2s1. The number of amides is 2. The third-order valence-electron chi connectivity index (χ3n) is 3.92. The molecule has 0 radical (unpaired) electrons. The first kappa shape index (κ1) is 17.2. The van der Waals surface area contributed by atoms with Gasteiger partial charge in [-0.15, -0.1) is 16.4 Å². The summed E-state index contributed by atoms with van der Waals surface area (Å²) in [6.07, 6.45) is 1.67. The summed E-state index contributed by atoms with van der Waals surface area (Å²) in [7, 11) is 3.34. The van der Waals surface area contributed by atoms with E-state index in [1.54, 1.807) is 23.1 Å². The van der Waals surface area contributed by atoms with E-state index in [-0.39, 0.29) is 6.03 Å². The van der Waals surface area contributed by atoms with Gasteiger partial charge in [0.2, 0.25) is 0 Å². The molecule has 8 heteroatoms. The van der Waals surface area contributed by atoms with Crippen LogP contribution in [0.4, 0.5) is 10.5 Å². The van der Waals surface area contributed by atoms with Crippen LogP contribution in [0.3, 0.4) is 0 Å². The summed E-state index contributed by atoms with van der Waals surface area (Å²) in [5.74, 6) is 0.407.